The number of methoxy groups -OCH3 is 1. The topological polar surface area (TPSA) is 108 Å². The number of hydrogen-bond acceptors (Lipinski definition) is 7. The summed E-state index contributed by atoms with van der Waals surface area (Å²) in [6, 6.07) is 9.66. The Hall–Kier alpha value is -2.99. The lowest BCUT2D eigenvalue weighted by Gasteiger charge is -2.16. The average molecular weight is 467 g/mol. The Labute approximate surface area is 195 Å². The maximum absolute atomic E-state index is 11.4. The molecule has 0 bridgehead atoms. The van der Waals surface area contributed by atoms with Gasteiger partial charge in [0.05, 0.1) is 29.6 Å². The summed E-state index contributed by atoms with van der Waals surface area (Å²) in [6.07, 6.45) is 6.07. The van der Waals surface area contributed by atoms with Crippen molar-refractivity contribution in [1.29, 1.82) is 0 Å². The minimum atomic E-state index is -0.137. The zero-order valence-corrected chi connectivity index (χ0v) is 20.5. The Balaban J connectivity index is 0.00000126. The second kappa shape index (κ2) is 9.87. The molecule has 174 valence electrons. The second-order valence-electron chi connectivity index (χ2n) is 8.08. The van der Waals surface area contributed by atoms with Gasteiger partial charge in [0.2, 0.25) is 0 Å². The summed E-state index contributed by atoms with van der Waals surface area (Å²) in [5.41, 5.74) is 12.0. The van der Waals surface area contributed by atoms with Gasteiger partial charge in [-0.2, -0.15) is 5.10 Å². The van der Waals surface area contributed by atoms with Gasteiger partial charge in [-0.1, -0.05) is 19.9 Å². The first-order valence-corrected chi connectivity index (χ1v) is 12.9. The van der Waals surface area contributed by atoms with Gasteiger partial charge in [0.25, 0.3) is 0 Å². The van der Waals surface area contributed by atoms with Gasteiger partial charge in [-0.3, -0.25) is 9.48 Å². The van der Waals surface area contributed by atoms with Crippen LogP contribution < -0.4 is 21.2 Å². The third-order valence-corrected chi connectivity index (χ3v) is 9.27. The molecule has 1 aromatic carbocycles. The Morgan fingerprint density at radius 1 is 1.12 bits per heavy atom. The number of anilines is 3. The summed E-state index contributed by atoms with van der Waals surface area (Å²) in [7, 11) is 3.55. The van der Waals surface area contributed by atoms with Gasteiger partial charge >= 0.3 is 0 Å². The molecular weight excluding hydrogens is 435 g/mol. The van der Waals surface area contributed by atoms with E-state index in [1.54, 1.807) is 13.2 Å². The third kappa shape index (κ3) is 4.86. The van der Waals surface area contributed by atoms with E-state index in [2.05, 4.69) is 33.3 Å². The quantitative estimate of drug-likeness (QED) is 0.372. The van der Waals surface area contributed by atoms with Crippen molar-refractivity contribution in [1.82, 2.24) is 20.0 Å². The van der Waals surface area contributed by atoms with Gasteiger partial charge < -0.3 is 15.8 Å². The van der Waals surface area contributed by atoms with Gasteiger partial charge in [0, 0.05) is 18.7 Å². The van der Waals surface area contributed by atoms with E-state index in [-0.39, 0.29) is 19.4 Å². The number of nitrogen functional groups attached to an aromatic ring is 1. The number of nitrogens with zero attached hydrogens (tertiary/aromatic N) is 4. The molecule has 0 aliphatic heterocycles. The maximum Gasteiger partial charge on any atom is 0.172 e. The number of ether oxygens (including phenoxy) is 1. The van der Waals surface area contributed by atoms with E-state index in [1.807, 2.05) is 32.0 Å². The predicted octanol–water partition coefficient (Wildman–Crippen LogP) is 4.48. The number of aryl methyl sites for hydroxylation is 1. The van der Waals surface area contributed by atoms with Crippen LogP contribution in [-0.4, -0.2) is 44.7 Å². The smallest absolute Gasteiger partial charge is 0.172 e. The Bertz CT molecular complexity index is 1130. The molecule has 2 saturated carbocycles. The predicted molar refractivity (Wildman–Crippen MR) is 134 cm³/mol. The number of nitrogens with two attached hydrogens (primary N) is 1. The lowest BCUT2D eigenvalue weighted by atomic mass is 10.1. The minimum absolute atomic E-state index is 0.137. The van der Waals surface area contributed by atoms with Crippen LogP contribution in [0.25, 0.3) is 11.3 Å². The van der Waals surface area contributed by atoms with E-state index in [9.17, 15) is 4.79 Å². The monoisotopic (exact) mass is 466 g/mol. The van der Waals surface area contributed by atoms with Crippen LogP contribution in [0.4, 0.5) is 17.2 Å². The molecule has 0 spiro atoms. The van der Waals surface area contributed by atoms with Crippen LogP contribution in [0.1, 0.15) is 50.0 Å². The molecule has 2 heterocycles. The normalized spacial score (nSPS) is 15.1. The highest BCUT2D eigenvalue weighted by molar-refractivity contribution is 7.67. The molecule has 0 unspecified atom stereocenters. The minimum Gasteiger partial charge on any atom is -0.494 e. The fourth-order valence-corrected chi connectivity index (χ4v) is 7.42. The molecular formula is C24H31N6O2P. The van der Waals surface area contributed by atoms with Gasteiger partial charge in [-0.05, 0) is 63.1 Å². The van der Waals surface area contributed by atoms with Crippen LogP contribution in [0.5, 0.6) is 5.75 Å². The summed E-state index contributed by atoms with van der Waals surface area (Å²) in [5, 5.41) is 15.7. The third-order valence-electron chi connectivity index (χ3n) is 5.72. The van der Waals surface area contributed by atoms with Crippen molar-refractivity contribution in [3.05, 3.63) is 36.0 Å². The number of aromatic nitrogens is 4. The summed E-state index contributed by atoms with van der Waals surface area (Å²) in [4.78, 5) is 11.4. The highest BCUT2D eigenvalue weighted by Crippen LogP contribution is 2.63. The highest BCUT2D eigenvalue weighted by Gasteiger charge is 2.43. The highest BCUT2D eigenvalue weighted by atomic mass is 31.1. The van der Waals surface area contributed by atoms with Crippen LogP contribution in [-0.2, 0) is 7.05 Å². The fraction of sp³-hybridized carbons (Fsp3) is 0.417. The van der Waals surface area contributed by atoms with Crippen molar-refractivity contribution < 1.29 is 9.53 Å². The van der Waals surface area contributed by atoms with Crippen molar-refractivity contribution in [2.24, 2.45) is 7.05 Å². The summed E-state index contributed by atoms with van der Waals surface area (Å²) >= 11 is 0. The van der Waals surface area contributed by atoms with Crippen LogP contribution in [0.2, 0.25) is 0 Å². The fourth-order valence-electron chi connectivity index (χ4n) is 4.01. The van der Waals surface area contributed by atoms with Gasteiger partial charge in [0.1, 0.15) is 11.5 Å². The number of hydrogen-bond donors (Lipinski definition) is 2. The van der Waals surface area contributed by atoms with Crippen LogP contribution in [0.15, 0.2) is 30.3 Å². The largest absolute Gasteiger partial charge is 0.494 e. The van der Waals surface area contributed by atoms with Crippen LogP contribution >= 0.6 is 7.92 Å². The van der Waals surface area contributed by atoms with Crippen molar-refractivity contribution in [2.75, 3.05) is 18.2 Å². The Kier molecular flexibility index (Phi) is 6.94. The van der Waals surface area contributed by atoms with Crippen molar-refractivity contribution in [2.45, 2.75) is 50.8 Å². The van der Waals surface area contributed by atoms with E-state index >= 15 is 0 Å². The molecule has 0 radical (unpaired) electrons. The first kappa shape index (κ1) is 23.2. The molecule has 0 amide bonds. The first-order chi connectivity index (χ1) is 16.1. The molecule has 8 nitrogen and oxygen atoms in total. The Morgan fingerprint density at radius 3 is 2.42 bits per heavy atom. The summed E-state index contributed by atoms with van der Waals surface area (Å²) in [5.74, 6) is 0.882. The number of benzene rings is 1. The molecule has 3 N–H and O–H groups in total. The average Bonchev–Trinajstić information content (AvgIpc) is 3.76. The van der Waals surface area contributed by atoms with Gasteiger partial charge in [0.15, 0.2) is 12.0 Å². The first-order valence-electron chi connectivity index (χ1n) is 11.4. The number of para-hydroxylation sites is 1. The molecule has 2 fully saturated rings. The number of rotatable bonds is 8. The molecule has 2 aliphatic carbocycles. The SMILES string of the molecule is CC.COc1c(Nc2cc(N)nnc2C=O)cccc1-c1cc(P(C2CC2)C2CC2)n(C)n1. The molecule has 2 aromatic heterocycles. The van der Waals surface area contributed by atoms with E-state index in [0.29, 0.717) is 23.4 Å². The second-order valence-corrected chi connectivity index (χ2v) is 10.8. The van der Waals surface area contributed by atoms with Crippen LogP contribution in [0.3, 0.4) is 0 Å². The molecule has 9 heteroatoms. The van der Waals surface area contributed by atoms with E-state index in [0.717, 1.165) is 22.6 Å². The number of carbonyl (C=O) groups is 1. The Morgan fingerprint density at radius 2 is 1.82 bits per heavy atom. The van der Waals surface area contributed by atoms with E-state index in [1.165, 1.54) is 31.1 Å². The standard InChI is InChI=1S/C22H25N6O2P.C2H6/c1-28-21(31(13-6-7-13)14-8-9-14)11-17(27-28)15-4-3-5-16(22(15)30-2)24-18-10-20(23)26-25-19(18)12-29;1-2/h3-5,10-14H,6-9H2,1-2H3,(H3,23,24,26);1-2H3. The maximum atomic E-state index is 11.4. The lowest BCUT2D eigenvalue weighted by molar-refractivity contribution is 0.111. The van der Waals surface area contributed by atoms with Gasteiger partial charge in [-0.15, -0.1) is 10.2 Å². The number of aldehydes is 1. The van der Waals surface area contributed by atoms with Gasteiger partial charge in [-0.25, -0.2) is 0 Å². The number of nitrogens with one attached hydrogen (secondary N) is 1. The molecule has 0 saturated heterocycles. The lowest BCUT2D eigenvalue weighted by Crippen LogP contribution is -2.16. The summed E-state index contributed by atoms with van der Waals surface area (Å²) in [6.45, 7) is 4.00. The van der Waals surface area contributed by atoms with Crippen LogP contribution in [0, 0.1) is 0 Å². The van der Waals surface area contributed by atoms with E-state index in [4.69, 9.17) is 15.6 Å². The number of carbonyl (C=O) groups excluding carboxylic acids is 1. The zero-order valence-electron chi connectivity index (χ0n) is 19.6. The molecule has 0 atom stereocenters. The van der Waals surface area contributed by atoms with E-state index < -0.39 is 0 Å². The molecule has 3 aromatic rings. The van der Waals surface area contributed by atoms with Crippen molar-refractivity contribution >= 4 is 36.8 Å². The summed E-state index contributed by atoms with van der Waals surface area (Å²) < 4.78 is 7.84. The zero-order chi connectivity index (χ0) is 23.5. The molecule has 2 aliphatic rings. The molecule has 33 heavy (non-hydrogen) atoms. The molecule has 5 rings (SSSR count). The van der Waals surface area contributed by atoms with Crippen molar-refractivity contribution in [3.63, 3.8) is 0 Å². The van der Waals surface area contributed by atoms with Crippen molar-refractivity contribution in [3.8, 4) is 17.0 Å².